The van der Waals surface area contributed by atoms with Crippen molar-refractivity contribution in [3.63, 3.8) is 0 Å². The van der Waals surface area contributed by atoms with Crippen molar-refractivity contribution in [3.8, 4) is 0 Å². The van der Waals surface area contributed by atoms with E-state index in [0.717, 1.165) is 6.42 Å². The molecule has 0 fully saturated rings. The normalized spacial score (nSPS) is 12.2. The lowest BCUT2D eigenvalue weighted by molar-refractivity contribution is 1.06. The van der Waals surface area contributed by atoms with Crippen molar-refractivity contribution in [2.75, 3.05) is 0 Å². The molecule has 0 bridgehead atoms. The van der Waals surface area contributed by atoms with Crippen LogP contribution in [0, 0.1) is 0 Å². The molecule has 0 N–H and O–H groups in total. The molecule has 0 aliphatic rings. The second kappa shape index (κ2) is 5.82. The van der Waals surface area contributed by atoms with Gasteiger partial charge in [-0.3, -0.25) is 0 Å². The Labute approximate surface area is 76.7 Å². The van der Waals surface area contributed by atoms with Gasteiger partial charge in [0.25, 0.3) is 0 Å². The Bertz CT molecular complexity index is 210. The minimum atomic E-state index is 1.10. The van der Waals surface area contributed by atoms with E-state index >= 15 is 0 Å². The highest BCUT2D eigenvalue weighted by atomic mass is 14.0. The first-order valence-corrected chi connectivity index (χ1v) is 4.49. The molecule has 0 aliphatic carbocycles. The number of hydrogen-bond acceptors (Lipinski definition) is 0. The summed E-state index contributed by atoms with van der Waals surface area (Å²) >= 11 is 0. The zero-order chi connectivity index (χ0) is 9.56. The molecule has 0 unspecified atom stereocenters. The maximum atomic E-state index is 2.20. The molecule has 0 saturated heterocycles. The summed E-state index contributed by atoms with van der Waals surface area (Å²) in [7, 11) is 0. The molecule has 0 aliphatic heterocycles. The summed E-state index contributed by atoms with van der Waals surface area (Å²) in [5.74, 6) is 0. The monoisotopic (exact) mass is 164 g/mol. The first-order valence-electron chi connectivity index (χ1n) is 4.49. The van der Waals surface area contributed by atoms with E-state index in [4.69, 9.17) is 0 Å². The molecular weight excluding hydrogens is 144 g/mol. The predicted octanol–water partition coefficient (Wildman–Crippen LogP) is 4.26. The zero-order valence-corrected chi connectivity index (χ0v) is 8.94. The fourth-order valence-electron chi connectivity index (χ4n) is 0.914. The molecule has 0 heteroatoms. The van der Waals surface area contributed by atoms with Crippen LogP contribution in [0.15, 0.2) is 34.9 Å². The smallest absolute Gasteiger partial charge is 0.0108 e. The van der Waals surface area contributed by atoms with Gasteiger partial charge in [0.05, 0.1) is 0 Å². The Hall–Kier alpha value is -0.780. The van der Waals surface area contributed by atoms with Gasteiger partial charge in [0.15, 0.2) is 0 Å². The van der Waals surface area contributed by atoms with Crippen molar-refractivity contribution >= 4 is 0 Å². The van der Waals surface area contributed by atoms with Crippen molar-refractivity contribution in [1.29, 1.82) is 0 Å². The molecule has 0 radical (unpaired) electrons. The van der Waals surface area contributed by atoms with Crippen LogP contribution in [0.4, 0.5) is 0 Å². The maximum absolute atomic E-state index is 2.20. The Morgan fingerprint density at radius 1 is 1.08 bits per heavy atom. The average Bonchev–Trinajstić information content (AvgIpc) is 2.00. The zero-order valence-electron chi connectivity index (χ0n) is 8.94. The first kappa shape index (κ1) is 11.2. The quantitative estimate of drug-likeness (QED) is 0.432. The molecule has 68 valence electrons. The van der Waals surface area contributed by atoms with Gasteiger partial charge in [0.1, 0.15) is 0 Å². The number of rotatable bonds is 3. The van der Waals surface area contributed by atoms with Crippen LogP contribution in [0.1, 0.15) is 41.0 Å². The second-order valence-corrected chi connectivity index (χ2v) is 3.50. The van der Waals surface area contributed by atoms with Gasteiger partial charge in [-0.05, 0) is 41.0 Å². The molecule has 0 rings (SSSR count). The number of allylic oxidation sites excluding steroid dienone is 6. The molecule has 0 aromatic heterocycles. The van der Waals surface area contributed by atoms with Crippen molar-refractivity contribution in [3.05, 3.63) is 34.9 Å². The van der Waals surface area contributed by atoms with E-state index < -0.39 is 0 Å². The molecule has 0 aromatic carbocycles. The van der Waals surface area contributed by atoms with Crippen molar-refractivity contribution < 1.29 is 0 Å². The van der Waals surface area contributed by atoms with Gasteiger partial charge in [0.2, 0.25) is 0 Å². The van der Waals surface area contributed by atoms with Crippen LogP contribution in [0.5, 0.6) is 0 Å². The molecule has 0 amide bonds. The third-order valence-corrected chi connectivity index (χ3v) is 1.97. The van der Waals surface area contributed by atoms with E-state index in [2.05, 4.69) is 45.9 Å². The Balaban J connectivity index is 4.19. The Morgan fingerprint density at radius 3 is 2.08 bits per heavy atom. The van der Waals surface area contributed by atoms with E-state index in [9.17, 15) is 0 Å². The van der Waals surface area contributed by atoms with Crippen LogP contribution in [-0.2, 0) is 0 Å². The predicted molar refractivity (Wildman–Crippen MR) is 57.2 cm³/mol. The van der Waals surface area contributed by atoms with Gasteiger partial charge in [-0.2, -0.15) is 0 Å². The fourth-order valence-corrected chi connectivity index (χ4v) is 0.914. The standard InChI is InChI=1S/C12H20/c1-6-7-8-11(4)9-12(5)10(2)3/h6-8H,9H2,1-5H3/b7-6-,11-8+. The van der Waals surface area contributed by atoms with Crippen LogP contribution < -0.4 is 0 Å². The molecule has 0 atom stereocenters. The average molecular weight is 164 g/mol. The van der Waals surface area contributed by atoms with E-state index in [0.29, 0.717) is 0 Å². The molecule has 12 heavy (non-hydrogen) atoms. The lowest BCUT2D eigenvalue weighted by Gasteiger charge is -2.02. The molecular formula is C12H20. The Morgan fingerprint density at radius 2 is 1.67 bits per heavy atom. The summed E-state index contributed by atoms with van der Waals surface area (Å²) in [6.07, 6.45) is 7.42. The summed E-state index contributed by atoms with van der Waals surface area (Å²) in [5, 5.41) is 0. The SMILES string of the molecule is C/C=C\C=C(/C)CC(C)=C(C)C. The molecule has 0 aromatic rings. The van der Waals surface area contributed by atoms with Gasteiger partial charge >= 0.3 is 0 Å². The van der Waals surface area contributed by atoms with E-state index in [1.54, 1.807) is 0 Å². The van der Waals surface area contributed by atoms with Gasteiger partial charge in [-0.15, -0.1) is 0 Å². The number of hydrogen-bond donors (Lipinski definition) is 0. The fraction of sp³-hybridized carbons (Fsp3) is 0.500. The molecule has 0 spiro atoms. The van der Waals surface area contributed by atoms with Crippen LogP contribution in [0.3, 0.4) is 0 Å². The maximum Gasteiger partial charge on any atom is -0.0108 e. The van der Waals surface area contributed by atoms with Crippen LogP contribution >= 0.6 is 0 Å². The highest BCUT2D eigenvalue weighted by molar-refractivity contribution is 5.19. The van der Waals surface area contributed by atoms with E-state index in [1.165, 1.54) is 16.7 Å². The Kier molecular flexibility index (Phi) is 5.44. The van der Waals surface area contributed by atoms with E-state index in [1.807, 2.05) is 6.92 Å². The van der Waals surface area contributed by atoms with Gasteiger partial charge in [-0.25, -0.2) is 0 Å². The van der Waals surface area contributed by atoms with Crippen molar-refractivity contribution in [1.82, 2.24) is 0 Å². The second-order valence-electron chi connectivity index (χ2n) is 3.50. The molecule has 0 heterocycles. The van der Waals surface area contributed by atoms with Crippen molar-refractivity contribution in [2.24, 2.45) is 0 Å². The first-order chi connectivity index (χ1) is 5.57. The molecule has 0 saturated carbocycles. The van der Waals surface area contributed by atoms with Gasteiger partial charge < -0.3 is 0 Å². The molecule has 0 nitrogen and oxygen atoms in total. The lowest BCUT2D eigenvalue weighted by Crippen LogP contribution is -1.82. The third-order valence-electron chi connectivity index (χ3n) is 1.97. The van der Waals surface area contributed by atoms with Crippen molar-refractivity contribution in [2.45, 2.75) is 41.0 Å². The summed E-state index contributed by atoms with van der Waals surface area (Å²) < 4.78 is 0. The summed E-state index contributed by atoms with van der Waals surface area (Å²) in [6, 6.07) is 0. The summed E-state index contributed by atoms with van der Waals surface area (Å²) in [6.45, 7) is 10.7. The van der Waals surface area contributed by atoms with Gasteiger partial charge in [0, 0.05) is 0 Å². The minimum Gasteiger partial charge on any atom is -0.0877 e. The van der Waals surface area contributed by atoms with Crippen LogP contribution in [0.2, 0.25) is 0 Å². The third kappa shape index (κ3) is 4.95. The minimum absolute atomic E-state index is 1.10. The van der Waals surface area contributed by atoms with Crippen LogP contribution in [-0.4, -0.2) is 0 Å². The lowest BCUT2D eigenvalue weighted by atomic mass is 10.0. The van der Waals surface area contributed by atoms with E-state index in [-0.39, 0.29) is 0 Å². The topological polar surface area (TPSA) is 0 Å². The summed E-state index contributed by atoms with van der Waals surface area (Å²) in [4.78, 5) is 0. The van der Waals surface area contributed by atoms with Gasteiger partial charge in [-0.1, -0.05) is 34.9 Å². The van der Waals surface area contributed by atoms with Crippen LogP contribution in [0.25, 0.3) is 0 Å². The summed E-state index contributed by atoms with van der Waals surface area (Å²) in [5.41, 5.74) is 4.34. The highest BCUT2D eigenvalue weighted by Gasteiger charge is 1.92. The largest absolute Gasteiger partial charge is 0.0877 e. The highest BCUT2D eigenvalue weighted by Crippen LogP contribution is 2.13.